The van der Waals surface area contributed by atoms with Crippen LogP contribution in [-0.2, 0) is 0 Å². The Kier molecular flexibility index (Phi) is 25.7. The molecular weight excluding hydrogens is 144 g/mol. The van der Waals surface area contributed by atoms with Crippen LogP contribution in [0.3, 0.4) is 0 Å². The van der Waals surface area contributed by atoms with Gasteiger partial charge in [0.1, 0.15) is 0 Å². The Morgan fingerprint density at radius 1 is 0.583 bits per heavy atom. The molecule has 0 aliphatic carbocycles. The van der Waals surface area contributed by atoms with Crippen LogP contribution < -0.4 is 0 Å². The van der Waals surface area contributed by atoms with Crippen molar-refractivity contribution in [1.29, 1.82) is 0 Å². The quantitative estimate of drug-likeness (QED) is 0.517. The molecule has 0 aliphatic rings. The van der Waals surface area contributed by atoms with E-state index in [1.54, 1.807) is 0 Å². The highest BCUT2D eigenvalue weighted by Crippen LogP contribution is 1.81. The molecule has 0 unspecified atom stereocenters. The summed E-state index contributed by atoms with van der Waals surface area (Å²) < 4.78 is 0. The van der Waals surface area contributed by atoms with Gasteiger partial charge >= 0.3 is 0 Å². The molecule has 0 saturated heterocycles. The zero-order chi connectivity index (χ0) is 10.6. The lowest BCUT2D eigenvalue weighted by Crippen LogP contribution is -1.66. The van der Waals surface area contributed by atoms with Crippen molar-refractivity contribution in [2.24, 2.45) is 11.8 Å². The number of unbranched alkanes of at least 4 members (excludes halogenated alkanes) is 1. The molecule has 0 N–H and O–H groups in total. The van der Waals surface area contributed by atoms with Gasteiger partial charge in [0.05, 0.1) is 0 Å². The van der Waals surface area contributed by atoms with Crippen molar-refractivity contribution in [3.05, 3.63) is 0 Å². The second kappa shape index (κ2) is 17.2. The summed E-state index contributed by atoms with van der Waals surface area (Å²) in [5, 5.41) is 0. The highest BCUT2D eigenvalue weighted by molar-refractivity contribution is 4.21. The molecule has 0 spiro atoms. The second-order valence-electron chi connectivity index (χ2n) is 4.46. The van der Waals surface area contributed by atoms with Crippen molar-refractivity contribution in [2.45, 2.75) is 68.2 Å². The molecule has 0 fully saturated rings. The van der Waals surface area contributed by atoms with Crippen molar-refractivity contribution in [3.63, 3.8) is 0 Å². The fraction of sp³-hybridized carbons (Fsp3) is 1.00. The van der Waals surface area contributed by atoms with Gasteiger partial charge in [0, 0.05) is 0 Å². The van der Waals surface area contributed by atoms with E-state index in [1.807, 2.05) is 0 Å². The zero-order valence-electron chi connectivity index (χ0n) is 10.6. The summed E-state index contributed by atoms with van der Waals surface area (Å²) >= 11 is 0. The van der Waals surface area contributed by atoms with Gasteiger partial charge in [-0.15, -0.1) is 0 Å². The third-order valence-electron chi connectivity index (χ3n) is 0.500. The van der Waals surface area contributed by atoms with Gasteiger partial charge < -0.3 is 0 Å². The maximum atomic E-state index is 2.18. The van der Waals surface area contributed by atoms with Crippen LogP contribution in [0.4, 0.5) is 0 Å². The Morgan fingerprint density at radius 2 is 0.667 bits per heavy atom. The highest BCUT2D eigenvalue weighted by Gasteiger charge is 1.68. The molecule has 0 aromatic rings. The van der Waals surface area contributed by atoms with Gasteiger partial charge in [0.15, 0.2) is 0 Å². The monoisotopic (exact) mass is 174 g/mol. The van der Waals surface area contributed by atoms with Crippen LogP contribution in [0.15, 0.2) is 0 Å². The summed E-state index contributed by atoms with van der Waals surface area (Å²) in [6, 6.07) is 0. The van der Waals surface area contributed by atoms with Gasteiger partial charge in [0.25, 0.3) is 0 Å². The second-order valence-corrected chi connectivity index (χ2v) is 4.46. The summed E-state index contributed by atoms with van der Waals surface area (Å²) in [6.45, 7) is 17.4. The lowest BCUT2D eigenvalue weighted by atomic mass is 10.3. The van der Waals surface area contributed by atoms with Gasteiger partial charge in [-0.2, -0.15) is 0 Å². The normalized spacial score (nSPS) is 8.50. The molecule has 0 heterocycles. The van der Waals surface area contributed by atoms with Crippen LogP contribution in [0.5, 0.6) is 0 Å². The average molecular weight is 174 g/mol. The van der Waals surface area contributed by atoms with E-state index in [2.05, 4.69) is 55.4 Å². The topological polar surface area (TPSA) is 0 Å². The van der Waals surface area contributed by atoms with Crippen LogP contribution >= 0.6 is 0 Å². The van der Waals surface area contributed by atoms with E-state index in [1.165, 1.54) is 12.8 Å². The van der Waals surface area contributed by atoms with Crippen molar-refractivity contribution in [1.82, 2.24) is 0 Å². The van der Waals surface area contributed by atoms with E-state index in [0.29, 0.717) is 0 Å². The third-order valence-corrected chi connectivity index (χ3v) is 0.500. The van der Waals surface area contributed by atoms with E-state index >= 15 is 0 Å². The lowest BCUT2D eigenvalue weighted by Gasteiger charge is -1.79. The molecule has 0 atom stereocenters. The SMILES string of the molecule is CC(C)C.CC(C)C.CCCC. The molecule has 0 nitrogen and oxygen atoms in total. The molecule has 0 aromatic carbocycles. The van der Waals surface area contributed by atoms with Crippen molar-refractivity contribution < 1.29 is 0 Å². The summed E-state index contributed by atoms with van der Waals surface area (Å²) in [6.07, 6.45) is 2.64. The predicted molar refractivity (Wildman–Crippen MR) is 61.6 cm³/mol. The smallest absolute Gasteiger partial charge is 0.0500 e. The molecule has 0 bridgehead atoms. The predicted octanol–water partition coefficient (Wildman–Crippen LogP) is 5.13. The molecule has 0 aliphatic heterocycles. The minimum Gasteiger partial charge on any atom is -0.0654 e. The highest BCUT2D eigenvalue weighted by atomic mass is 13.7. The van der Waals surface area contributed by atoms with Crippen molar-refractivity contribution in [3.8, 4) is 0 Å². The van der Waals surface area contributed by atoms with E-state index in [4.69, 9.17) is 0 Å². The summed E-state index contributed by atoms with van der Waals surface area (Å²) in [4.78, 5) is 0. The summed E-state index contributed by atoms with van der Waals surface area (Å²) in [7, 11) is 0. The van der Waals surface area contributed by atoms with Gasteiger partial charge in [0.2, 0.25) is 0 Å². The first-order valence-electron chi connectivity index (χ1n) is 5.38. The molecular formula is C12H30. The Morgan fingerprint density at radius 3 is 0.667 bits per heavy atom. The molecule has 0 radical (unpaired) electrons. The van der Waals surface area contributed by atoms with Gasteiger partial charge in [-0.3, -0.25) is 0 Å². The molecule has 0 saturated carbocycles. The van der Waals surface area contributed by atoms with Gasteiger partial charge in [-0.1, -0.05) is 68.2 Å². The minimum absolute atomic E-state index is 0.833. The van der Waals surface area contributed by atoms with E-state index in [-0.39, 0.29) is 0 Å². The van der Waals surface area contributed by atoms with Crippen LogP contribution in [0.1, 0.15) is 68.2 Å². The van der Waals surface area contributed by atoms with Crippen LogP contribution in [-0.4, -0.2) is 0 Å². The first kappa shape index (κ1) is 17.9. The Labute approximate surface area is 80.8 Å². The number of rotatable bonds is 1. The van der Waals surface area contributed by atoms with Crippen LogP contribution in [0, 0.1) is 11.8 Å². The van der Waals surface area contributed by atoms with Crippen molar-refractivity contribution in [2.75, 3.05) is 0 Å². The van der Waals surface area contributed by atoms with Crippen molar-refractivity contribution >= 4 is 0 Å². The number of hydrogen-bond acceptors (Lipinski definition) is 0. The van der Waals surface area contributed by atoms with E-state index in [0.717, 1.165) is 11.8 Å². The Balaban J connectivity index is -0.000000101. The van der Waals surface area contributed by atoms with E-state index < -0.39 is 0 Å². The molecule has 0 aromatic heterocycles. The average Bonchev–Trinajstić information content (AvgIpc) is 1.85. The van der Waals surface area contributed by atoms with Gasteiger partial charge in [-0.05, 0) is 11.8 Å². The Hall–Kier alpha value is 0. The zero-order valence-corrected chi connectivity index (χ0v) is 10.6. The van der Waals surface area contributed by atoms with E-state index in [9.17, 15) is 0 Å². The summed E-state index contributed by atoms with van der Waals surface area (Å²) in [5.41, 5.74) is 0. The van der Waals surface area contributed by atoms with Crippen LogP contribution in [0.25, 0.3) is 0 Å². The fourth-order valence-electron chi connectivity index (χ4n) is 0. The minimum atomic E-state index is 0.833. The van der Waals surface area contributed by atoms with Gasteiger partial charge in [-0.25, -0.2) is 0 Å². The Bertz CT molecular complexity index is 30.5. The first-order valence-corrected chi connectivity index (χ1v) is 5.38. The fourth-order valence-corrected chi connectivity index (χ4v) is 0. The standard InChI is InChI=1S/3C4H10/c2*1-4(2)3;1-3-4-2/h2*4H,1-3H3;3-4H2,1-2H3. The van der Waals surface area contributed by atoms with Crippen LogP contribution in [0.2, 0.25) is 0 Å². The number of hydrogen-bond donors (Lipinski definition) is 0. The maximum absolute atomic E-state index is 2.18. The first-order chi connectivity index (χ1) is 5.38. The maximum Gasteiger partial charge on any atom is -0.0500 e. The molecule has 0 rings (SSSR count). The molecule has 78 valence electrons. The molecule has 0 amide bonds. The lowest BCUT2D eigenvalue weighted by molar-refractivity contribution is 0.736. The summed E-state index contributed by atoms with van der Waals surface area (Å²) in [5.74, 6) is 1.67. The molecule has 0 heteroatoms. The molecule has 12 heavy (non-hydrogen) atoms. The largest absolute Gasteiger partial charge is 0.0654 e. The third kappa shape index (κ3) is 810.